The molecule has 0 saturated carbocycles. The van der Waals surface area contributed by atoms with Crippen LogP contribution in [-0.2, 0) is 0 Å². The molecule has 0 radical (unpaired) electrons. The first-order chi connectivity index (χ1) is 9.86. The Morgan fingerprint density at radius 2 is 1.65 bits per heavy atom. The van der Waals surface area contributed by atoms with Crippen molar-refractivity contribution in [2.24, 2.45) is 5.84 Å². The smallest absolute Gasteiger partial charge is 0.227 e. The van der Waals surface area contributed by atoms with Crippen LogP contribution in [0.5, 0.6) is 0 Å². The van der Waals surface area contributed by atoms with E-state index in [1.807, 2.05) is 6.07 Å². The molecule has 104 valence electrons. The molecule has 3 N–H and O–H groups in total. The zero-order chi connectivity index (χ0) is 13.8. The van der Waals surface area contributed by atoms with Gasteiger partial charge in [0.15, 0.2) is 0 Å². The van der Waals surface area contributed by atoms with Crippen LogP contribution in [0.2, 0.25) is 0 Å². The van der Waals surface area contributed by atoms with Crippen molar-refractivity contribution in [1.82, 2.24) is 9.97 Å². The second-order valence-corrected chi connectivity index (χ2v) is 4.70. The van der Waals surface area contributed by atoms with Crippen LogP contribution in [0, 0.1) is 0 Å². The van der Waals surface area contributed by atoms with E-state index in [-0.39, 0.29) is 0 Å². The molecule has 1 aromatic carbocycles. The molecule has 20 heavy (non-hydrogen) atoms. The van der Waals surface area contributed by atoms with E-state index in [9.17, 15) is 0 Å². The molecule has 0 unspecified atom stereocenters. The average molecular weight is 270 g/mol. The number of piperazine rings is 1. The Morgan fingerprint density at radius 3 is 2.35 bits per heavy atom. The first kappa shape index (κ1) is 12.7. The number of aromatic nitrogens is 2. The number of para-hydroxylation sites is 1. The Labute approximate surface area is 118 Å². The van der Waals surface area contributed by atoms with E-state index in [1.54, 1.807) is 12.3 Å². The van der Waals surface area contributed by atoms with E-state index in [4.69, 9.17) is 5.84 Å². The molecule has 1 saturated heterocycles. The number of benzene rings is 1. The third-order valence-electron chi connectivity index (χ3n) is 3.47. The third kappa shape index (κ3) is 2.65. The van der Waals surface area contributed by atoms with E-state index in [2.05, 4.69) is 49.5 Å². The van der Waals surface area contributed by atoms with Gasteiger partial charge in [-0.1, -0.05) is 18.2 Å². The van der Waals surface area contributed by atoms with Gasteiger partial charge in [0.25, 0.3) is 0 Å². The van der Waals surface area contributed by atoms with Gasteiger partial charge in [-0.2, -0.15) is 4.98 Å². The van der Waals surface area contributed by atoms with Gasteiger partial charge in [-0.3, -0.25) is 0 Å². The van der Waals surface area contributed by atoms with Crippen LogP contribution in [-0.4, -0.2) is 36.1 Å². The fourth-order valence-electron chi connectivity index (χ4n) is 2.38. The molecule has 6 nitrogen and oxygen atoms in total. The number of anilines is 3. The number of nitrogens with two attached hydrogens (primary N) is 1. The molecule has 3 rings (SSSR count). The number of nitrogens with zero attached hydrogens (tertiary/aromatic N) is 4. The summed E-state index contributed by atoms with van der Waals surface area (Å²) < 4.78 is 0. The van der Waals surface area contributed by atoms with Gasteiger partial charge in [0, 0.05) is 44.1 Å². The van der Waals surface area contributed by atoms with Crippen LogP contribution in [0.4, 0.5) is 17.5 Å². The lowest BCUT2D eigenvalue weighted by Gasteiger charge is -2.36. The molecule has 1 aliphatic heterocycles. The molecular weight excluding hydrogens is 252 g/mol. The van der Waals surface area contributed by atoms with E-state index < -0.39 is 0 Å². The van der Waals surface area contributed by atoms with Crippen molar-refractivity contribution >= 4 is 17.5 Å². The summed E-state index contributed by atoms with van der Waals surface area (Å²) in [4.78, 5) is 13.2. The molecule has 1 aliphatic rings. The van der Waals surface area contributed by atoms with Crippen LogP contribution in [0.25, 0.3) is 0 Å². The maximum Gasteiger partial charge on any atom is 0.227 e. The van der Waals surface area contributed by atoms with E-state index >= 15 is 0 Å². The largest absolute Gasteiger partial charge is 0.368 e. The maximum atomic E-state index is 5.38. The molecule has 0 spiro atoms. The molecule has 2 heterocycles. The molecule has 2 aromatic rings. The number of nitrogen functional groups attached to an aromatic ring is 1. The molecular formula is C14H18N6. The minimum atomic E-state index is 0.639. The summed E-state index contributed by atoms with van der Waals surface area (Å²) in [5.74, 6) is 6.75. The minimum absolute atomic E-state index is 0.639. The van der Waals surface area contributed by atoms with Crippen molar-refractivity contribution in [3.63, 3.8) is 0 Å². The third-order valence-corrected chi connectivity index (χ3v) is 3.47. The van der Waals surface area contributed by atoms with Crippen molar-refractivity contribution in [3.05, 3.63) is 42.6 Å². The highest BCUT2D eigenvalue weighted by molar-refractivity contribution is 5.48. The fourth-order valence-corrected chi connectivity index (χ4v) is 2.38. The number of rotatable bonds is 3. The highest BCUT2D eigenvalue weighted by atomic mass is 15.3. The quantitative estimate of drug-likeness (QED) is 0.642. The second-order valence-electron chi connectivity index (χ2n) is 4.70. The normalized spacial score (nSPS) is 15.2. The van der Waals surface area contributed by atoms with Gasteiger partial charge in [0.1, 0.15) is 5.82 Å². The van der Waals surface area contributed by atoms with E-state index in [1.165, 1.54) is 5.69 Å². The summed E-state index contributed by atoms with van der Waals surface area (Å²) in [6.07, 6.45) is 1.72. The topological polar surface area (TPSA) is 70.3 Å². The van der Waals surface area contributed by atoms with E-state index in [0.29, 0.717) is 5.82 Å². The Hall–Kier alpha value is -2.34. The zero-order valence-corrected chi connectivity index (χ0v) is 11.2. The van der Waals surface area contributed by atoms with Crippen molar-refractivity contribution in [2.45, 2.75) is 0 Å². The summed E-state index contributed by atoms with van der Waals surface area (Å²) in [5.41, 5.74) is 3.82. The molecule has 0 aliphatic carbocycles. The molecule has 0 atom stereocenters. The first-order valence-corrected chi connectivity index (χ1v) is 6.71. The summed E-state index contributed by atoms with van der Waals surface area (Å²) in [6.45, 7) is 3.74. The van der Waals surface area contributed by atoms with Gasteiger partial charge >= 0.3 is 0 Å². The molecule has 6 heteroatoms. The van der Waals surface area contributed by atoms with Crippen LogP contribution in [0.15, 0.2) is 42.6 Å². The Kier molecular flexibility index (Phi) is 3.64. The Bertz CT molecular complexity index is 551. The Balaban J connectivity index is 1.66. The lowest BCUT2D eigenvalue weighted by atomic mass is 10.2. The van der Waals surface area contributed by atoms with Crippen LogP contribution < -0.4 is 21.1 Å². The minimum Gasteiger partial charge on any atom is -0.368 e. The van der Waals surface area contributed by atoms with Gasteiger partial charge in [-0.25, -0.2) is 10.8 Å². The van der Waals surface area contributed by atoms with E-state index in [0.717, 1.165) is 32.1 Å². The number of hydrogen-bond acceptors (Lipinski definition) is 6. The lowest BCUT2D eigenvalue weighted by Crippen LogP contribution is -2.47. The van der Waals surface area contributed by atoms with Gasteiger partial charge in [0.2, 0.25) is 5.95 Å². The zero-order valence-electron chi connectivity index (χ0n) is 11.2. The SMILES string of the molecule is NNc1ccnc(N2CCN(c3ccccc3)CC2)n1. The summed E-state index contributed by atoms with van der Waals surface area (Å²) in [7, 11) is 0. The van der Waals surface area contributed by atoms with Crippen LogP contribution >= 0.6 is 0 Å². The summed E-state index contributed by atoms with van der Waals surface area (Å²) >= 11 is 0. The average Bonchev–Trinajstić information content (AvgIpc) is 2.56. The van der Waals surface area contributed by atoms with Gasteiger partial charge < -0.3 is 15.2 Å². The highest BCUT2D eigenvalue weighted by Gasteiger charge is 2.19. The number of hydrazine groups is 1. The molecule has 0 bridgehead atoms. The number of hydrogen-bond donors (Lipinski definition) is 2. The number of nitrogens with one attached hydrogen (secondary N) is 1. The van der Waals surface area contributed by atoms with Crippen molar-refractivity contribution in [1.29, 1.82) is 0 Å². The van der Waals surface area contributed by atoms with Gasteiger partial charge in [0.05, 0.1) is 0 Å². The van der Waals surface area contributed by atoms with Crippen LogP contribution in [0.1, 0.15) is 0 Å². The highest BCUT2D eigenvalue weighted by Crippen LogP contribution is 2.18. The fraction of sp³-hybridized carbons (Fsp3) is 0.286. The second kappa shape index (κ2) is 5.75. The predicted octanol–water partition coefficient (Wildman–Crippen LogP) is 1.09. The lowest BCUT2D eigenvalue weighted by molar-refractivity contribution is 0.640. The maximum absolute atomic E-state index is 5.38. The van der Waals surface area contributed by atoms with Crippen molar-refractivity contribution in [2.75, 3.05) is 41.4 Å². The van der Waals surface area contributed by atoms with Gasteiger partial charge in [-0.05, 0) is 12.1 Å². The van der Waals surface area contributed by atoms with Crippen molar-refractivity contribution in [3.8, 4) is 0 Å². The summed E-state index contributed by atoms with van der Waals surface area (Å²) in [5, 5.41) is 0. The monoisotopic (exact) mass is 270 g/mol. The Morgan fingerprint density at radius 1 is 0.950 bits per heavy atom. The van der Waals surface area contributed by atoms with Gasteiger partial charge in [-0.15, -0.1) is 0 Å². The molecule has 1 aromatic heterocycles. The predicted molar refractivity (Wildman–Crippen MR) is 80.7 cm³/mol. The standard InChI is InChI=1S/C14H18N6/c15-18-13-6-7-16-14(17-13)20-10-8-19(9-11-20)12-4-2-1-3-5-12/h1-7H,8-11,15H2,(H,16,17,18). The molecule has 0 amide bonds. The summed E-state index contributed by atoms with van der Waals surface area (Å²) in [6, 6.07) is 12.2. The van der Waals surface area contributed by atoms with Crippen molar-refractivity contribution < 1.29 is 0 Å². The van der Waals surface area contributed by atoms with Crippen LogP contribution in [0.3, 0.4) is 0 Å². The first-order valence-electron chi connectivity index (χ1n) is 6.71. The molecule has 1 fully saturated rings.